The summed E-state index contributed by atoms with van der Waals surface area (Å²) in [4.78, 5) is 47.3. The number of carboxylic acid groups (broad SMARTS) is 1. The van der Waals surface area contributed by atoms with E-state index < -0.39 is 23.9 Å². The fraction of sp³-hybridized carbons (Fsp3) is 0. The lowest BCUT2D eigenvalue weighted by molar-refractivity contribution is 0.0397. The lowest BCUT2D eigenvalue weighted by atomic mass is 10.1. The van der Waals surface area contributed by atoms with E-state index in [0.717, 1.165) is 6.07 Å². The molecule has 8 nitrogen and oxygen atoms in total. The molecule has 0 saturated heterocycles. The van der Waals surface area contributed by atoms with Crippen LogP contribution >= 0.6 is 0 Å². The van der Waals surface area contributed by atoms with Crippen molar-refractivity contribution in [2.45, 2.75) is 0 Å². The van der Waals surface area contributed by atoms with Crippen molar-refractivity contribution in [1.29, 1.82) is 0 Å². The number of benzene rings is 3. The van der Waals surface area contributed by atoms with Crippen LogP contribution in [0.1, 0.15) is 41.4 Å². The van der Waals surface area contributed by atoms with Gasteiger partial charge in [-0.15, -0.1) is 0 Å². The van der Waals surface area contributed by atoms with Crippen molar-refractivity contribution in [2.75, 3.05) is 0 Å². The van der Waals surface area contributed by atoms with Gasteiger partial charge in [-0.2, -0.15) is 0 Å². The summed E-state index contributed by atoms with van der Waals surface area (Å²) in [7, 11) is 0. The lowest BCUT2D eigenvalue weighted by Crippen LogP contribution is -2.14. The number of ether oxygens (including phenoxy) is 2. The summed E-state index contributed by atoms with van der Waals surface area (Å²) < 4.78 is 9.89. The van der Waals surface area contributed by atoms with E-state index in [1.807, 2.05) is 0 Å². The van der Waals surface area contributed by atoms with E-state index in [4.69, 9.17) is 14.6 Å². The van der Waals surface area contributed by atoms with Gasteiger partial charge in [-0.3, -0.25) is 0 Å². The van der Waals surface area contributed by atoms with Crippen LogP contribution in [0.2, 0.25) is 0 Å². The minimum Gasteiger partial charge on any atom is -0.508 e. The van der Waals surface area contributed by atoms with E-state index in [1.165, 1.54) is 66.7 Å². The van der Waals surface area contributed by atoms with Crippen molar-refractivity contribution in [1.82, 2.24) is 0 Å². The van der Waals surface area contributed by atoms with E-state index in [1.54, 1.807) is 0 Å². The highest BCUT2D eigenvalue weighted by Crippen LogP contribution is 2.18. The van der Waals surface area contributed by atoms with Crippen molar-refractivity contribution >= 4 is 23.9 Å². The van der Waals surface area contributed by atoms with Crippen molar-refractivity contribution in [3.63, 3.8) is 0 Å². The number of esters is 3. The first-order chi connectivity index (χ1) is 14.3. The molecule has 0 aromatic heterocycles. The summed E-state index contributed by atoms with van der Waals surface area (Å²) in [5.74, 6) is -3.59. The molecule has 0 atom stereocenters. The molecule has 0 amide bonds. The third-order valence-corrected chi connectivity index (χ3v) is 3.93. The van der Waals surface area contributed by atoms with E-state index in [-0.39, 0.29) is 33.8 Å². The van der Waals surface area contributed by atoms with Crippen molar-refractivity contribution in [2.24, 2.45) is 0 Å². The zero-order valence-corrected chi connectivity index (χ0v) is 15.3. The van der Waals surface area contributed by atoms with Gasteiger partial charge in [0, 0.05) is 0 Å². The summed E-state index contributed by atoms with van der Waals surface area (Å²) in [5.41, 5.74) is -0.0372. The molecule has 3 aromatic rings. The largest absolute Gasteiger partial charge is 0.508 e. The van der Waals surface area contributed by atoms with Crippen LogP contribution in [-0.2, 0) is 4.74 Å². The Kier molecular flexibility index (Phi) is 5.88. The van der Waals surface area contributed by atoms with Gasteiger partial charge in [0.1, 0.15) is 11.5 Å². The SMILES string of the molecule is O=C(O)c1cccc(C(=O)OC(=O)c2ccc(C(=O)Oc3ccc(O)cc3)cc2)c1. The maximum atomic E-state index is 12.2. The van der Waals surface area contributed by atoms with Crippen LogP contribution in [0.25, 0.3) is 0 Å². The van der Waals surface area contributed by atoms with Crippen LogP contribution in [0.5, 0.6) is 11.5 Å². The van der Waals surface area contributed by atoms with E-state index >= 15 is 0 Å². The predicted octanol–water partition coefficient (Wildman–Crippen LogP) is 3.31. The molecule has 150 valence electrons. The molecule has 0 aliphatic rings. The first-order valence-corrected chi connectivity index (χ1v) is 8.54. The Labute approximate surface area is 169 Å². The molecule has 0 spiro atoms. The molecule has 0 bridgehead atoms. The van der Waals surface area contributed by atoms with Crippen LogP contribution in [0.15, 0.2) is 72.8 Å². The second-order valence-electron chi connectivity index (χ2n) is 6.02. The first-order valence-electron chi connectivity index (χ1n) is 8.54. The Hall–Kier alpha value is -4.46. The maximum Gasteiger partial charge on any atom is 0.346 e. The van der Waals surface area contributed by atoms with E-state index in [2.05, 4.69) is 0 Å². The summed E-state index contributed by atoms with van der Waals surface area (Å²) in [6, 6.07) is 15.9. The molecule has 0 aliphatic heterocycles. The van der Waals surface area contributed by atoms with Gasteiger partial charge in [0.15, 0.2) is 0 Å². The second kappa shape index (κ2) is 8.70. The number of phenols is 1. The average molecular weight is 406 g/mol. The van der Waals surface area contributed by atoms with Crippen LogP contribution in [0, 0.1) is 0 Å². The Morgan fingerprint density at radius 2 is 1.17 bits per heavy atom. The summed E-state index contributed by atoms with van der Waals surface area (Å²) >= 11 is 0. The number of carboxylic acids is 1. The number of hydrogen-bond acceptors (Lipinski definition) is 7. The lowest BCUT2D eigenvalue weighted by Gasteiger charge is -2.06. The normalized spacial score (nSPS) is 10.1. The van der Waals surface area contributed by atoms with Crippen LogP contribution < -0.4 is 4.74 Å². The Morgan fingerprint density at radius 1 is 0.633 bits per heavy atom. The third-order valence-electron chi connectivity index (χ3n) is 3.93. The molecule has 30 heavy (non-hydrogen) atoms. The fourth-order valence-electron chi connectivity index (χ4n) is 2.40. The second-order valence-corrected chi connectivity index (χ2v) is 6.02. The average Bonchev–Trinajstić information content (AvgIpc) is 2.75. The molecule has 3 rings (SSSR count). The molecular formula is C22H14O8. The van der Waals surface area contributed by atoms with Crippen molar-refractivity contribution in [3.8, 4) is 11.5 Å². The summed E-state index contributed by atoms with van der Waals surface area (Å²) in [5, 5.41) is 18.2. The van der Waals surface area contributed by atoms with Gasteiger partial charge in [0.05, 0.1) is 22.3 Å². The monoisotopic (exact) mass is 406 g/mol. The Balaban J connectivity index is 1.65. The molecule has 0 heterocycles. The van der Waals surface area contributed by atoms with Crippen LogP contribution in [0.4, 0.5) is 0 Å². The molecular weight excluding hydrogens is 392 g/mol. The molecule has 0 aliphatic carbocycles. The number of phenolic OH excluding ortho intramolecular Hbond substituents is 1. The third kappa shape index (κ3) is 4.87. The number of carbonyl (C=O) groups excluding carboxylic acids is 3. The topological polar surface area (TPSA) is 127 Å². The highest BCUT2D eigenvalue weighted by Gasteiger charge is 2.17. The quantitative estimate of drug-likeness (QED) is 0.375. The van der Waals surface area contributed by atoms with Crippen LogP contribution in [-0.4, -0.2) is 34.1 Å². The van der Waals surface area contributed by atoms with Gasteiger partial charge < -0.3 is 19.7 Å². The zero-order chi connectivity index (χ0) is 21.7. The molecule has 3 aromatic carbocycles. The predicted molar refractivity (Wildman–Crippen MR) is 103 cm³/mol. The fourth-order valence-corrected chi connectivity index (χ4v) is 2.40. The summed E-state index contributed by atoms with van der Waals surface area (Å²) in [6.07, 6.45) is 0. The van der Waals surface area contributed by atoms with E-state index in [0.29, 0.717) is 0 Å². The number of carbonyl (C=O) groups is 4. The zero-order valence-electron chi connectivity index (χ0n) is 15.3. The Morgan fingerprint density at radius 3 is 1.77 bits per heavy atom. The van der Waals surface area contributed by atoms with Gasteiger partial charge in [-0.1, -0.05) is 6.07 Å². The highest BCUT2D eigenvalue weighted by atomic mass is 16.6. The highest BCUT2D eigenvalue weighted by molar-refractivity contribution is 6.04. The maximum absolute atomic E-state index is 12.2. The van der Waals surface area contributed by atoms with Crippen molar-refractivity contribution < 1.29 is 38.9 Å². The van der Waals surface area contributed by atoms with Gasteiger partial charge in [0.25, 0.3) is 0 Å². The molecule has 0 radical (unpaired) electrons. The summed E-state index contributed by atoms with van der Waals surface area (Å²) in [6.45, 7) is 0. The molecule has 0 fully saturated rings. The molecule has 0 unspecified atom stereocenters. The van der Waals surface area contributed by atoms with Gasteiger partial charge in [-0.25, -0.2) is 19.2 Å². The Bertz CT molecular complexity index is 1110. The number of aromatic hydroxyl groups is 1. The van der Waals surface area contributed by atoms with E-state index in [9.17, 15) is 24.3 Å². The first kappa shape index (κ1) is 20.3. The number of aromatic carboxylic acids is 1. The molecule has 8 heteroatoms. The minimum absolute atomic E-state index is 0.0129. The standard InChI is InChI=1S/C22H14O8/c23-17-8-10-18(11-9-17)29-20(26)13-4-6-14(7-5-13)21(27)30-22(28)16-3-1-2-15(12-16)19(24)25/h1-12,23H,(H,24,25). The van der Waals surface area contributed by atoms with Gasteiger partial charge >= 0.3 is 23.9 Å². The molecule has 0 saturated carbocycles. The number of hydrogen-bond donors (Lipinski definition) is 2. The smallest absolute Gasteiger partial charge is 0.346 e. The minimum atomic E-state index is -1.22. The van der Waals surface area contributed by atoms with Gasteiger partial charge in [0.2, 0.25) is 0 Å². The molecule has 2 N–H and O–H groups in total. The van der Waals surface area contributed by atoms with Crippen molar-refractivity contribution in [3.05, 3.63) is 95.1 Å². The van der Waals surface area contributed by atoms with Crippen LogP contribution in [0.3, 0.4) is 0 Å². The number of rotatable bonds is 5. The van der Waals surface area contributed by atoms with Gasteiger partial charge in [-0.05, 0) is 66.7 Å².